The van der Waals surface area contributed by atoms with Crippen LogP contribution in [0.1, 0.15) is 55.3 Å². The molecular weight excluding hydrogens is 447 g/mol. The number of rotatable bonds is 8. The molecule has 1 aliphatic carbocycles. The van der Waals surface area contributed by atoms with E-state index in [0.29, 0.717) is 24.3 Å². The summed E-state index contributed by atoms with van der Waals surface area (Å²) in [6, 6.07) is 10.2. The molecule has 0 radical (unpaired) electrons. The summed E-state index contributed by atoms with van der Waals surface area (Å²) in [5.41, 5.74) is 1.26. The van der Waals surface area contributed by atoms with Gasteiger partial charge in [-0.05, 0) is 42.9 Å². The van der Waals surface area contributed by atoms with Gasteiger partial charge in [0.1, 0.15) is 5.60 Å². The van der Waals surface area contributed by atoms with E-state index in [0.717, 1.165) is 24.8 Å². The van der Waals surface area contributed by atoms with Crippen molar-refractivity contribution < 1.29 is 27.8 Å². The summed E-state index contributed by atoms with van der Waals surface area (Å²) in [6.45, 7) is 1.56. The average Bonchev–Trinajstić information content (AvgIpc) is 2.75. The molecule has 4 rings (SSSR count). The SMILES string of the molecule is CC(=O)N[C@@H](Cc1ccccc1)[C@@H](O)CN[C@H]1CC2(CCC2)Oc2ncc(CC(F)(F)F)cc21. The van der Waals surface area contributed by atoms with Crippen LogP contribution in [-0.2, 0) is 17.6 Å². The smallest absolute Gasteiger partial charge is 0.393 e. The molecule has 3 N–H and O–H groups in total. The summed E-state index contributed by atoms with van der Waals surface area (Å²) in [4.78, 5) is 15.9. The number of carbonyl (C=O) groups excluding carboxylic acids is 1. The van der Waals surface area contributed by atoms with Gasteiger partial charge in [-0.25, -0.2) is 4.98 Å². The van der Waals surface area contributed by atoms with Gasteiger partial charge in [-0.2, -0.15) is 13.2 Å². The molecule has 1 aliphatic heterocycles. The standard InChI is InChI=1S/C25H30F3N3O3/c1-16(32)31-20(11-17-6-3-2-4-7-17)22(33)15-29-21-13-24(8-5-9-24)34-23-19(21)10-18(14-30-23)12-25(26,27)28/h2-4,6-7,10,14,20-22,29,33H,5,8-9,11-13,15H2,1H3,(H,31,32)/t20-,21-,22-/m0/s1. The van der Waals surface area contributed by atoms with E-state index in [1.54, 1.807) is 0 Å². The number of nitrogens with one attached hydrogen (secondary N) is 2. The number of hydrogen-bond acceptors (Lipinski definition) is 5. The van der Waals surface area contributed by atoms with Gasteiger partial charge in [0, 0.05) is 37.7 Å². The van der Waals surface area contributed by atoms with Gasteiger partial charge in [0.25, 0.3) is 0 Å². The van der Waals surface area contributed by atoms with Crippen molar-refractivity contribution in [3.05, 3.63) is 59.3 Å². The van der Waals surface area contributed by atoms with E-state index in [2.05, 4.69) is 15.6 Å². The predicted molar refractivity (Wildman–Crippen MR) is 120 cm³/mol. The Labute approximate surface area is 196 Å². The topological polar surface area (TPSA) is 83.5 Å². The number of aliphatic hydroxyl groups excluding tert-OH is 1. The molecule has 1 amide bonds. The van der Waals surface area contributed by atoms with Crippen LogP contribution in [0.5, 0.6) is 5.88 Å². The molecule has 1 spiro atoms. The average molecular weight is 478 g/mol. The third kappa shape index (κ3) is 6.07. The minimum Gasteiger partial charge on any atom is -0.471 e. The highest BCUT2D eigenvalue weighted by molar-refractivity contribution is 5.73. The monoisotopic (exact) mass is 477 g/mol. The largest absolute Gasteiger partial charge is 0.471 e. The minimum absolute atomic E-state index is 0.0759. The number of carbonyl (C=O) groups is 1. The lowest BCUT2D eigenvalue weighted by Gasteiger charge is -2.47. The number of aliphatic hydroxyl groups is 1. The lowest BCUT2D eigenvalue weighted by molar-refractivity contribution is -0.127. The molecule has 34 heavy (non-hydrogen) atoms. The maximum Gasteiger partial charge on any atom is 0.393 e. The number of fused-ring (bicyclic) bond motifs is 1. The van der Waals surface area contributed by atoms with Crippen molar-refractivity contribution in [2.24, 2.45) is 0 Å². The van der Waals surface area contributed by atoms with E-state index in [4.69, 9.17) is 4.74 Å². The fourth-order valence-electron chi connectivity index (χ4n) is 4.78. The van der Waals surface area contributed by atoms with Gasteiger partial charge in [-0.15, -0.1) is 0 Å². The maximum atomic E-state index is 12.9. The molecule has 6 nitrogen and oxygen atoms in total. The van der Waals surface area contributed by atoms with E-state index >= 15 is 0 Å². The molecule has 1 saturated carbocycles. The molecular formula is C25H30F3N3O3. The van der Waals surface area contributed by atoms with Crippen LogP contribution in [0.15, 0.2) is 42.6 Å². The van der Waals surface area contributed by atoms with Gasteiger partial charge in [-0.1, -0.05) is 30.3 Å². The van der Waals surface area contributed by atoms with Crippen LogP contribution in [-0.4, -0.2) is 46.5 Å². The van der Waals surface area contributed by atoms with Crippen molar-refractivity contribution >= 4 is 5.91 Å². The Morgan fingerprint density at radius 1 is 1.26 bits per heavy atom. The molecule has 1 aromatic heterocycles. The summed E-state index contributed by atoms with van der Waals surface area (Å²) in [6.07, 6.45) is -1.27. The van der Waals surface area contributed by atoms with Crippen LogP contribution in [0.25, 0.3) is 0 Å². The van der Waals surface area contributed by atoms with E-state index in [9.17, 15) is 23.1 Å². The minimum atomic E-state index is -4.33. The summed E-state index contributed by atoms with van der Waals surface area (Å²) in [5.74, 6) is 0.109. The highest BCUT2D eigenvalue weighted by Crippen LogP contribution is 2.48. The Hall–Kier alpha value is -2.65. The van der Waals surface area contributed by atoms with Crippen molar-refractivity contribution in [1.82, 2.24) is 15.6 Å². The third-order valence-corrected chi connectivity index (χ3v) is 6.59. The maximum absolute atomic E-state index is 12.9. The summed E-state index contributed by atoms with van der Waals surface area (Å²) in [7, 11) is 0. The van der Waals surface area contributed by atoms with Gasteiger partial charge >= 0.3 is 6.18 Å². The van der Waals surface area contributed by atoms with E-state index in [-0.39, 0.29) is 29.7 Å². The number of nitrogens with zero attached hydrogens (tertiary/aromatic N) is 1. The zero-order valence-electron chi connectivity index (χ0n) is 19.1. The Morgan fingerprint density at radius 2 is 2.00 bits per heavy atom. The molecule has 2 aromatic rings. The Bertz CT molecular complexity index is 996. The Morgan fingerprint density at radius 3 is 2.62 bits per heavy atom. The van der Waals surface area contributed by atoms with Gasteiger partial charge < -0.3 is 20.5 Å². The molecule has 2 aliphatic rings. The highest BCUT2D eigenvalue weighted by Gasteiger charge is 2.46. The fourth-order valence-corrected chi connectivity index (χ4v) is 4.78. The first-order chi connectivity index (χ1) is 16.1. The normalized spacial score (nSPS) is 20.6. The Balaban J connectivity index is 1.50. The Kier molecular flexibility index (Phi) is 7.14. The van der Waals surface area contributed by atoms with Gasteiger partial charge in [0.05, 0.1) is 18.6 Å². The first kappa shape index (κ1) is 24.5. The summed E-state index contributed by atoms with van der Waals surface area (Å²) >= 11 is 0. The lowest BCUT2D eigenvalue weighted by atomic mass is 9.73. The van der Waals surface area contributed by atoms with Crippen LogP contribution < -0.4 is 15.4 Å². The number of halogens is 3. The van der Waals surface area contributed by atoms with Crippen molar-refractivity contribution in [3.8, 4) is 5.88 Å². The fraction of sp³-hybridized carbons (Fsp3) is 0.520. The number of aromatic nitrogens is 1. The number of pyridine rings is 1. The molecule has 0 saturated heterocycles. The second-order valence-electron chi connectivity index (χ2n) is 9.40. The van der Waals surface area contributed by atoms with Crippen LogP contribution in [0.2, 0.25) is 0 Å². The van der Waals surface area contributed by atoms with Gasteiger partial charge in [0.15, 0.2) is 0 Å². The van der Waals surface area contributed by atoms with Crippen molar-refractivity contribution in [2.45, 2.75) is 75.4 Å². The van der Waals surface area contributed by atoms with Crippen LogP contribution in [0.4, 0.5) is 13.2 Å². The zero-order valence-corrected chi connectivity index (χ0v) is 19.1. The summed E-state index contributed by atoms with van der Waals surface area (Å²) in [5, 5.41) is 17.1. The molecule has 9 heteroatoms. The van der Waals surface area contributed by atoms with Crippen LogP contribution in [0, 0.1) is 0 Å². The molecule has 1 aromatic carbocycles. The third-order valence-electron chi connectivity index (χ3n) is 6.59. The second kappa shape index (κ2) is 9.92. The quantitative estimate of drug-likeness (QED) is 0.541. The highest BCUT2D eigenvalue weighted by atomic mass is 19.4. The van der Waals surface area contributed by atoms with Gasteiger partial charge in [0.2, 0.25) is 11.8 Å². The second-order valence-corrected chi connectivity index (χ2v) is 9.40. The molecule has 2 heterocycles. The van der Waals surface area contributed by atoms with E-state index in [1.165, 1.54) is 19.2 Å². The van der Waals surface area contributed by atoms with Crippen LogP contribution in [0.3, 0.4) is 0 Å². The number of alkyl halides is 3. The molecule has 184 valence electrons. The zero-order chi connectivity index (χ0) is 24.3. The van der Waals surface area contributed by atoms with Gasteiger partial charge in [-0.3, -0.25) is 4.79 Å². The number of amides is 1. The van der Waals surface area contributed by atoms with Crippen molar-refractivity contribution in [1.29, 1.82) is 0 Å². The molecule has 0 unspecified atom stereocenters. The van der Waals surface area contributed by atoms with E-state index < -0.39 is 24.7 Å². The van der Waals surface area contributed by atoms with Crippen molar-refractivity contribution in [3.63, 3.8) is 0 Å². The van der Waals surface area contributed by atoms with Crippen LogP contribution >= 0.6 is 0 Å². The van der Waals surface area contributed by atoms with Crippen molar-refractivity contribution in [2.75, 3.05) is 6.54 Å². The number of benzene rings is 1. The molecule has 0 bridgehead atoms. The lowest BCUT2D eigenvalue weighted by Crippen LogP contribution is -2.52. The molecule has 3 atom stereocenters. The molecule has 1 fully saturated rings. The summed E-state index contributed by atoms with van der Waals surface area (Å²) < 4.78 is 44.9. The first-order valence-corrected chi connectivity index (χ1v) is 11.6. The first-order valence-electron chi connectivity index (χ1n) is 11.6. The van der Waals surface area contributed by atoms with E-state index in [1.807, 2.05) is 30.3 Å². The predicted octanol–water partition coefficient (Wildman–Crippen LogP) is 3.63. The number of ether oxygens (including phenoxy) is 1. The number of hydrogen-bond donors (Lipinski definition) is 3.